The summed E-state index contributed by atoms with van der Waals surface area (Å²) < 4.78 is 2.05. The van der Waals surface area contributed by atoms with Crippen molar-refractivity contribution in [3.05, 3.63) is 29.8 Å². The SMILES string of the molecule is c1csc(-c2ccn(C[C@H]3CCCN3)n2)c1. The quantitative estimate of drug-likeness (QED) is 0.882. The molecule has 3 rings (SSSR count). The Hall–Kier alpha value is -1.13. The first-order valence-electron chi connectivity index (χ1n) is 5.72. The molecule has 0 radical (unpaired) electrons. The molecule has 1 fully saturated rings. The zero-order valence-electron chi connectivity index (χ0n) is 9.10. The van der Waals surface area contributed by atoms with Crippen LogP contribution >= 0.6 is 11.3 Å². The molecule has 4 heteroatoms. The number of thiophene rings is 1. The van der Waals surface area contributed by atoms with Gasteiger partial charge in [0.25, 0.3) is 0 Å². The summed E-state index contributed by atoms with van der Waals surface area (Å²) in [5.41, 5.74) is 1.09. The highest BCUT2D eigenvalue weighted by Crippen LogP contribution is 2.22. The molecule has 84 valence electrons. The van der Waals surface area contributed by atoms with Crippen LogP contribution in [-0.2, 0) is 6.54 Å². The molecule has 2 aromatic rings. The molecule has 1 atom stereocenters. The largest absolute Gasteiger partial charge is 0.312 e. The molecule has 0 aromatic carbocycles. The van der Waals surface area contributed by atoms with Gasteiger partial charge < -0.3 is 5.32 Å². The van der Waals surface area contributed by atoms with Gasteiger partial charge in [-0.2, -0.15) is 5.10 Å². The molecule has 0 unspecified atom stereocenters. The topological polar surface area (TPSA) is 29.9 Å². The maximum Gasteiger partial charge on any atom is 0.102 e. The molecule has 1 aliphatic rings. The van der Waals surface area contributed by atoms with Crippen LogP contribution in [0.25, 0.3) is 10.6 Å². The maximum absolute atomic E-state index is 4.60. The number of nitrogens with zero attached hydrogens (tertiary/aromatic N) is 2. The summed E-state index contributed by atoms with van der Waals surface area (Å²) in [6.45, 7) is 2.15. The first-order chi connectivity index (χ1) is 7.92. The van der Waals surface area contributed by atoms with Crippen molar-refractivity contribution >= 4 is 11.3 Å². The molecule has 1 N–H and O–H groups in total. The predicted molar refractivity (Wildman–Crippen MR) is 66.6 cm³/mol. The van der Waals surface area contributed by atoms with Crippen LogP contribution in [0.3, 0.4) is 0 Å². The Bertz CT molecular complexity index is 441. The molecule has 0 amide bonds. The molecule has 0 spiro atoms. The summed E-state index contributed by atoms with van der Waals surface area (Å²) in [5, 5.41) is 10.2. The third-order valence-electron chi connectivity index (χ3n) is 2.98. The lowest BCUT2D eigenvalue weighted by Crippen LogP contribution is -2.26. The van der Waals surface area contributed by atoms with E-state index in [9.17, 15) is 0 Å². The second-order valence-electron chi connectivity index (χ2n) is 4.19. The summed E-state index contributed by atoms with van der Waals surface area (Å²) in [6.07, 6.45) is 4.65. The van der Waals surface area contributed by atoms with Crippen LogP contribution in [0.15, 0.2) is 29.8 Å². The Balaban J connectivity index is 1.72. The first kappa shape index (κ1) is 10.1. The van der Waals surface area contributed by atoms with Crippen molar-refractivity contribution in [2.75, 3.05) is 6.54 Å². The van der Waals surface area contributed by atoms with Crippen molar-refractivity contribution in [1.82, 2.24) is 15.1 Å². The molecular formula is C12H15N3S. The standard InChI is InChI=1S/C12H15N3S/c1-3-10(13-6-1)9-15-7-5-11(14-15)12-4-2-8-16-12/h2,4-5,7-8,10,13H,1,3,6,9H2/t10-/m1/s1. The Morgan fingerprint density at radius 3 is 3.25 bits per heavy atom. The van der Waals surface area contributed by atoms with Gasteiger partial charge in [-0.05, 0) is 36.9 Å². The van der Waals surface area contributed by atoms with Gasteiger partial charge in [-0.15, -0.1) is 11.3 Å². The van der Waals surface area contributed by atoms with E-state index < -0.39 is 0 Å². The van der Waals surface area contributed by atoms with Gasteiger partial charge in [0.1, 0.15) is 5.69 Å². The average molecular weight is 233 g/mol. The zero-order valence-corrected chi connectivity index (χ0v) is 9.91. The van der Waals surface area contributed by atoms with E-state index in [0.717, 1.165) is 18.8 Å². The van der Waals surface area contributed by atoms with Crippen LogP contribution in [0.5, 0.6) is 0 Å². The van der Waals surface area contributed by atoms with Gasteiger partial charge in [0.2, 0.25) is 0 Å². The lowest BCUT2D eigenvalue weighted by atomic mass is 10.2. The van der Waals surface area contributed by atoms with E-state index >= 15 is 0 Å². The summed E-state index contributed by atoms with van der Waals surface area (Å²) in [7, 11) is 0. The number of rotatable bonds is 3. The van der Waals surface area contributed by atoms with Crippen LogP contribution in [0.1, 0.15) is 12.8 Å². The monoisotopic (exact) mass is 233 g/mol. The number of hydrogen-bond acceptors (Lipinski definition) is 3. The smallest absolute Gasteiger partial charge is 0.102 e. The lowest BCUT2D eigenvalue weighted by molar-refractivity contribution is 0.477. The van der Waals surface area contributed by atoms with E-state index in [0.29, 0.717) is 6.04 Å². The molecule has 0 saturated carbocycles. The minimum absolute atomic E-state index is 0.607. The molecule has 0 aliphatic carbocycles. The molecule has 2 aromatic heterocycles. The Morgan fingerprint density at radius 1 is 1.50 bits per heavy atom. The fourth-order valence-corrected chi connectivity index (χ4v) is 2.85. The molecular weight excluding hydrogens is 218 g/mol. The number of aromatic nitrogens is 2. The minimum Gasteiger partial charge on any atom is -0.312 e. The van der Waals surface area contributed by atoms with Crippen LogP contribution in [0, 0.1) is 0 Å². The van der Waals surface area contributed by atoms with E-state index in [1.165, 1.54) is 17.7 Å². The van der Waals surface area contributed by atoms with Crippen molar-refractivity contribution in [2.24, 2.45) is 0 Å². The van der Waals surface area contributed by atoms with Gasteiger partial charge in [-0.1, -0.05) is 6.07 Å². The Kier molecular flexibility index (Phi) is 2.76. The number of hydrogen-bond donors (Lipinski definition) is 1. The molecule has 1 saturated heterocycles. The van der Waals surface area contributed by atoms with E-state index in [4.69, 9.17) is 0 Å². The zero-order chi connectivity index (χ0) is 10.8. The molecule has 0 bridgehead atoms. The summed E-state index contributed by atoms with van der Waals surface area (Å²) in [6, 6.07) is 6.89. The lowest BCUT2D eigenvalue weighted by Gasteiger charge is -2.09. The second-order valence-corrected chi connectivity index (χ2v) is 5.14. The predicted octanol–water partition coefficient (Wildman–Crippen LogP) is 2.36. The normalized spacial score (nSPS) is 20.4. The molecule has 3 nitrogen and oxygen atoms in total. The van der Waals surface area contributed by atoms with Gasteiger partial charge in [0.15, 0.2) is 0 Å². The highest BCUT2D eigenvalue weighted by molar-refractivity contribution is 7.13. The fourth-order valence-electron chi connectivity index (χ4n) is 2.16. The van der Waals surface area contributed by atoms with E-state index in [2.05, 4.69) is 44.9 Å². The summed E-state index contributed by atoms with van der Waals surface area (Å²) in [5.74, 6) is 0. The third kappa shape index (κ3) is 2.03. The van der Waals surface area contributed by atoms with Crippen molar-refractivity contribution in [1.29, 1.82) is 0 Å². The molecule has 3 heterocycles. The third-order valence-corrected chi connectivity index (χ3v) is 3.88. The van der Waals surface area contributed by atoms with Gasteiger partial charge in [0, 0.05) is 12.2 Å². The molecule has 16 heavy (non-hydrogen) atoms. The maximum atomic E-state index is 4.60. The van der Waals surface area contributed by atoms with Crippen molar-refractivity contribution in [3.8, 4) is 10.6 Å². The average Bonchev–Trinajstić information content (AvgIpc) is 2.99. The van der Waals surface area contributed by atoms with Crippen molar-refractivity contribution in [2.45, 2.75) is 25.4 Å². The minimum atomic E-state index is 0.607. The van der Waals surface area contributed by atoms with Gasteiger partial charge >= 0.3 is 0 Å². The Morgan fingerprint density at radius 2 is 2.50 bits per heavy atom. The van der Waals surface area contributed by atoms with Gasteiger partial charge in [0.05, 0.1) is 11.4 Å². The Labute approximate surface area is 99.1 Å². The van der Waals surface area contributed by atoms with Crippen LogP contribution in [0.2, 0.25) is 0 Å². The van der Waals surface area contributed by atoms with Crippen LogP contribution in [-0.4, -0.2) is 22.4 Å². The van der Waals surface area contributed by atoms with Crippen LogP contribution in [0.4, 0.5) is 0 Å². The first-order valence-corrected chi connectivity index (χ1v) is 6.60. The van der Waals surface area contributed by atoms with Gasteiger partial charge in [-0.3, -0.25) is 4.68 Å². The fraction of sp³-hybridized carbons (Fsp3) is 0.417. The van der Waals surface area contributed by atoms with Gasteiger partial charge in [-0.25, -0.2) is 0 Å². The van der Waals surface area contributed by atoms with E-state index in [-0.39, 0.29) is 0 Å². The van der Waals surface area contributed by atoms with Crippen molar-refractivity contribution in [3.63, 3.8) is 0 Å². The van der Waals surface area contributed by atoms with E-state index in [1.54, 1.807) is 11.3 Å². The van der Waals surface area contributed by atoms with E-state index in [1.807, 2.05) is 0 Å². The highest BCUT2D eigenvalue weighted by Gasteiger charge is 2.14. The molecule has 1 aliphatic heterocycles. The van der Waals surface area contributed by atoms with Crippen LogP contribution < -0.4 is 5.32 Å². The summed E-state index contributed by atoms with van der Waals surface area (Å²) in [4.78, 5) is 1.25. The number of nitrogens with one attached hydrogen (secondary N) is 1. The second kappa shape index (κ2) is 4.39. The van der Waals surface area contributed by atoms with Crippen molar-refractivity contribution < 1.29 is 0 Å². The summed E-state index contributed by atoms with van der Waals surface area (Å²) >= 11 is 1.74. The highest BCUT2D eigenvalue weighted by atomic mass is 32.1.